The highest BCUT2D eigenvalue weighted by Crippen LogP contribution is 2.29. The number of hydrogen-bond acceptors (Lipinski definition) is 7. The zero-order valence-electron chi connectivity index (χ0n) is 16.2. The van der Waals surface area contributed by atoms with E-state index in [9.17, 15) is 19.8 Å². The first-order valence-corrected chi connectivity index (χ1v) is 10.6. The quantitative estimate of drug-likeness (QED) is 0.667. The molecule has 1 aromatic heterocycles. The minimum absolute atomic E-state index is 0.0784. The average Bonchev–Trinajstić information content (AvgIpc) is 2.72. The number of aromatic hydroxyl groups is 1. The number of thioether (sulfide) groups is 1. The Morgan fingerprint density at radius 1 is 1.31 bits per heavy atom. The predicted molar refractivity (Wildman–Crippen MR) is 111 cm³/mol. The lowest BCUT2D eigenvalue weighted by atomic mass is 10.1. The lowest BCUT2D eigenvalue weighted by Gasteiger charge is -2.35. The second kappa shape index (κ2) is 9.76. The number of Topliss-reactive ketones (excluding diaryl/α,β-unsaturated/α-hetero) is 1. The molecule has 0 radical (unpaired) electrons. The van der Waals surface area contributed by atoms with Crippen LogP contribution in [0.5, 0.6) is 11.5 Å². The van der Waals surface area contributed by atoms with E-state index < -0.39 is 0 Å². The van der Waals surface area contributed by atoms with E-state index in [0.717, 1.165) is 5.75 Å². The van der Waals surface area contributed by atoms with Gasteiger partial charge in [0.1, 0.15) is 23.7 Å². The fourth-order valence-corrected chi connectivity index (χ4v) is 4.37. The molecule has 1 aliphatic heterocycles. The van der Waals surface area contributed by atoms with Crippen molar-refractivity contribution in [3.63, 3.8) is 0 Å². The van der Waals surface area contributed by atoms with Gasteiger partial charge in [-0.2, -0.15) is 11.8 Å². The zero-order valence-corrected chi connectivity index (χ0v) is 17.0. The summed E-state index contributed by atoms with van der Waals surface area (Å²) >= 11 is 1.74. The Bertz CT molecular complexity index is 889. The van der Waals surface area contributed by atoms with Crippen LogP contribution in [0.25, 0.3) is 0 Å². The third kappa shape index (κ3) is 4.89. The number of carbonyl (C=O) groups is 2. The van der Waals surface area contributed by atoms with E-state index in [1.807, 2.05) is 0 Å². The van der Waals surface area contributed by atoms with Crippen LogP contribution in [0.15, 0.2) is 36.5 Å². The van der Waals surface area contributed by atoms with Crippen LogP contribution in [-0.2, 0) is 6.42 Å². The number of carbonyl (C=O) groups excluding carboxylic acids is 2. The van der Waals surface area contributed by atoms with E-state index in [1.54, 1.807) is 47.1 Å². The number of aromatic nitrogens is 1. The van der Waals surface area contributed by atoms with Gasteiger partial charge in [0.15, 0.2) is 5.78 Å². The molecule has 0 spiro atoms. The highest BCUT2D eigenvalue weighted by atomic mass is 32.2. The molecule has 2 N–H and O–H groups in total. The van der Waals surface area contributed by atoms with Gasteiger partial charge in [-0.3, -0.25) is 14.6 Å². The SMILES string of the molecule is CC(=O)c1c(O)cccc1OC[C@@H]1CSCCN1C(=O)c1cccnc1CCO. The molecule has 1 saturated heterocycles. The fraction of sp³-hybridized carbons (Fsp3) is 0.381. The Kier molecular flexibility index (Phi) is 7.11. The van der Waals surface area contributed by atoms with E-state index in [2.05, 4.69) is 4.98 Å². The smallest absolute Gasteiger partial charge is 0.256 e. The van der Waals surface area contributed by atoms with Gasteiger partial charge in [-0.1, -0.05) is 6.07 Å². The van der Waals surface area contributed by atoms with Crippen molar-refractivity contribution in [2.24, 2.45) is 0 Å². The van der Waals surface area contributed by atoms with Gasteiger partial charge in [-0.05, 0) is 31.2 Å². The molecule has 0 saturated carbocycles. The van der Waals surface area contributed by atoms with Crippen molar-refractivity contribution in [1.82, 2.24) is 9.88 Å². The van der Waals surface area contributed by atoms with Crippen molar-refractivity contribution >= 4 is 23.5 Å². The molecule has 2 aromatic rings. The van der Waals surface area contributed by atoms with Gasteiger partial charge in [0, 0.05) is 37.3 Å². The van der Waals surface area contributed by atoms with E-state index in [-0.39, 0.29) is 42.3 Å². The predicted octanol–water partition coefficient (Wildman–Crippen LogP) is 2.16. The molecule has 3 rings (SSSR count). The number of pyridine rings is 1. The molecule has 29 heavy (non-hydrogen) atoms. The summed E-state index contributed by atoms with van der Waals surface area (Å²) in [4.78, 5) is 31.1. The molecule has 2 heterocycles. The Hall–Kier alpha value is -2.58. The molecule has 1 atom stereocenters. The first-order valence-electron chi connectivity index (χ1n) is 9.42. The average molecular weight is 416 g/mol. The lowest BCUT2D eigenvalue weighted by molar-refractivity contribution is 0.0644. The van der Waals surface area contributed by atoms with Crippen LogP contribution in [0.2, 0.25) is 0 Å². The third-order valence-electron chi connectivity index (χ3n) is 4.75. The standard InChI is InChI=1S/C21H24N2O5S/c1-14(25)20-18(26)5-2-6-19(20)28-12-15-13-29-11-9-23(15)21(27)16-4-3-8-22-17(16)7-10-24/h2-6,8,15,24,26H,7,9-13H2,1H3/t15-/m1/s1. The number of phenolic OH excluding ortho intramolecular Hbond substituents is 1. The number of benzene rings is 1. The first-order chi connectivity index (χ1) is 14.0. The number of hydrogen-bond donors (Lipinski definition) is 2. The number of rotatable bonds is 7. The van der Waals surface area contributed by atoms with E-state index >= 15 is 0 Å². The number of aliphatic hydroxyl groups is 1. The molecule has 1 fully saturated rings. The normalized spacial score (nSPS) is 16.5. The molecule has 1 aromatic carbocycles. The summed E-state index contributed by atoms with van der Waals surface area (Å²) in [5, 5.41) is 19.2. The number of nitrogens with zero attached hydrogens (tertiary/aromatic N) is 2. The minimum Gasteiger partial charge on any atom is -0.507 e. The molecular weight excluding hydrogens is 392 g/mol. The van der Waals surface area contributed by atoms with Gasteiger partial charge >= 0.3 is 0 Å². The summed E-state index contributed by atoms with van der Waals surface area (Å²) < 4.78 is 5.87. The monoisotopic (exact) mass is 416 g/mol. The first kappa shape index (κ1) is 21.1. The maximum atomic E-state index is 13.2. The summed E-state index contributed by atoms with van der Waals surface area (Å²) in [6.07, 6.45) is 1.93. The topological polar surface area (TPSA) is 100.0 Å². The molecular formula is C21H24N2O5S. The van der Waals surface area contributed by atoms with Crippen molar-refractivity contribution in [3.8, 4) is 11.5 Å². The Balaban J connectivity index is 1.78. The highest BCUT2D eigenvalue weighted by molar-refractivity contribution is 7.99. The number of ether oxygens (including phenoxy) is 1. The van der Waals surface area contributed by atoms with Crippen LogP contribution >= 0.6 is 11.8 Å². The van der Waals surface area contributed by atoms with Gasteiger partial charge in [0.2, 0.25) is 0 Å². The van der Waals surface area contributed by atoms with Gasteiger partial charge in [-0.15, -0.1) is 0 Å². The molecule has 7 nitrogen and oxygen atoms in total. The fourth-order valence-electron chi connectivity index (χ4n) is 3.33. The van der Waals surface area contributed by atoms with Crippen molar-refractivity contribution < 1.29 is 24.5 Å². The molecule has 0 unspecified atom stereocenters. The molecule has 0 bridgehead atoms. The molecule has 8 heteroatoms. The Morgan fingerprint density at radius 3 is 2.90 bits per heavy atom. The molecule has 1 aliphatic rings. The van der Waals surface area contributed by atoms with Crippen LogP contribution in [0, 0.1) is 0 Å². The zero-order chi connectivity index (χ0) is 20.8. The highest BCUT2D eigenvalue weighted by Gasteiger charge is 2.30. The summed E-state index contributed by atoms with van der Waals surface area (Å²) in [5.41, 5.74) is 1.20. The molecule has 154 valence electrons. The van der Waals surface area contributed by atoms with Crippen molar-refractivity contribution in [2.45, 2.75) is 19.4 Å². The number of ketones is 1. The Morgan fingerprint density at radius 2 is 2.14 bits per heavy atom. The van der Waals surface area contributed by atoms with Gasteiger partial charge < -0.3 is 19.8 Å². The number of phenols is 1. The van der Waals surface area contributed by atoms with Crippen LogP contribution < -0.4 is 4.74 Å². The largest absolute Gasteiger partial charge is 0.507 e. The van der Waals surface area contributed by atoms with Crippen LogP contribution in [0.4, 0.5) is 0 Å². The number of aliphatic hydroxyl groups excluding tert-OH is 1. The minimum atomic E-state index is -0.284. The molecule has 0 aliphatic carbocycles. The maximum Gasteiger partial charge on any atom is 0.256 e. The maximum absolute atomic E-state index is 13.2. The summed E-state index contributed by atoms with van der Waals surface area (Å²) in [7, 11) is 0. The van der Waals surface area contributed by atoms with E-state index in [1.165, 1.54) is 13.0 Å². The summed E-state index contributed by atoms with van der Waals surface area (Å²) in [6.45, 7) is 2.08. The summed E-state index contributed by atoms with van der Waals surface area (Å²) in [6, 6.07) is 7.95. The second-order valence-electron chi connectivity index (χ2n) is 6.72. The third-order valence-corrected chi connectivity index (χ3v) is 5.84. The van der Waals surface area contributed by atoms with Gasteiger partial charge in [0.05, 0.1) is 17.3 Å². The van der Waals surface area contributed by atoms with Gasteiger partial charge in [-0.25, -0.2) is 0 Å². The Labute approximate surface area is 173 Å². The van der Waals surface area contributed by atoms with E-state index in [0.29, 0.717) is 35.7 Å². The van der Waals surface area contributed by atoms with E-state index in [4.69, 9.17) is 4.74 Å². The second-order valence-corrected chi connectivity index (χ2v) is 7.87. The molecule has 1 amide bonds. The lowest BCUT2D eigenvalue weighted by Crippen LogP contribution is -2.49. The van der Waals surface area contributed by atoms with Crippen molar-refractivity contribution in [1.29, 1.82) is 0 Å². The van der Waals surface area contributed by atoms with Gasteiger partial charge in [0.25, 0.3) is 5.91 Å². The van der Waals surface area contributed by atoms with Crippen LogP contribution in [-0.4, -0.2) is 69.1 Å². The van der Waals surface area contributed by atoms with Crippen molar-refractivity contribution in [3.05, 3.63) is 53.3 Å². The summed E-state index contributed by atoms with van der Waals surface area (Å²) in [5.74, 6) is 1.29. The van der Waals surface area contributed by atoms with Crippen molar-refractivity contribution in [2.75, 3.05) is 31.3 Å². The van der Waals surface area contributed by atoms with Crippen LogP contribution in [0.1, 0.15) is 33.3 Å². The van der Waals surface area contributed by atoms with Crippen LogP contribution in [0.3, 0.4) is 0 Å². The number of amides is 1.